The fourth-order valence-electron chi connectivity index (χ4n) is 3.06. The number of carbonyl (C=O) groups is 2. The molecular formula is C21H24N2O2. The molecular weight excluding hydrogens is 312 g/mol. The summed E-state index contributed by atoms with van der Waals surface area (Å²) in [6, 6.07) is 15.1. The fourth-order valence-corrected chi connectivity index (χ4v) is 3.06. The lowest BCUT2D eigenvalue weighted by molar-refractivity contribution is 0.0724. The lowest BCUT2D eigenvalue weighted by Crippen LogP contribution is -2.35. The summed E-state index contributed by atoms with van der Waals surface area (Å²) >= 11 is 0. The number of carbonyl (C=O) groups excluding carboxylic acids is 2. The third kappa shape index (κ3) is 4.47. The number of rotatable bonds is 4. The maximum Gasteiger partial charge on any atom is 0.253 e. The van der Waals surface area contributed by atoms with E-state index in [2.05, 4.69) is 5.32 Å². The van der Waals surface area contributed by atoms with E-state index in [1.54, 1.807) is 24.3 Å². The van der Waals surface area contributed by atoms with Crippen LogP contribution < -0.4 is 5.32 Å². The molecule has 1 fully saturated rings. The van der Waals surface area contributed by atoms with E-state index in [1.807, 2.05) is 36.1 Å². The zero-order valence-electron chi connectivity index (χ0n) is 14.6. The van der Waals surface area contributed by atoms with Crippen LogP contribution in [0, 0.1) is 6.92 Å². The smallest absolute Gasteiger partial charge is 0.253 e. The number of likely N-dealkylation sites (tertiary alicyclic amines) is 1. The van der Waals surface area contributed by atoms with E-state index < -0.39 is 0 Å². The lowest BCUT2D eigenvalue weighted by atomic mass is 10.1. The Hall–Kier alpha value is -2.62. The number of nitrogens with zero attached hydrogens (tertiary/aromatic N) is 1. The monoisotopic (exact) mass is 336 g/mol. The highest BCUT2D eigenvalue weighted by Gasteiger charge is 2.19. The molecule has 1 aliphatic heterocycles. The number of nitrogens with one attached hydrogen (secondary N) is 1. The van der Waals surface area contributed by atoms with Crippen molar-refractivity contribution in [1.29, 1.82) is 0 Å². The molecule has 4 heteroatoms. The number of hydrogen-bond acceptors (Lipinski definition) is 2. The summed E-state index contributed by atoms with van der Waals surface area (Å²) in [6.07, 6.45) is 3.30. The van der Waals surface area contributed by atoms with E-state index in [1.165, 1.54) is 12.0 Å². The van der Waals surface area contributed by atoms with Gasteiger partial charge < -0.3 is 10.2 Å². The first-order valence-corrected chi connectivity index (χ1v) is 8.86. The summed E-state index contributed by atoms with van der Waals surface area (Å²) in [5.74, 6) is -0.137. The van der Waals surface area contributed by atoms with Crippen LogP contribution in [0.2, 0.25) is 0 Å². The molecule has 2 aromatic carbocycles. The average Bonchev–Trinajstić information content (AvgIpc) is 2.67. The Morgan fingerprint density at radius 3 is 2.36 bits per heavy atom. The molecule has 0 atom stereocenters. The van der Waals surface area contributed by atoms with Gasteiger partial charge in [0.25, 0.3) is 11.8 Å². The normalized spacial score (nSPS) is 14.2. The molecule has 2 aromatic rings. The van der Waals surface area contributed by atoms with Crippen molar-refractivity contribution in [2.24, 2.45) is 0 Å². The third-order valence-electron chi connectivity index (χ3n) is 4.59. The van der Waals surface area contributed by atoms with E-state index in [9.17, 15) is 9.59 Å². The van der Waals surface area contributed by atoms with E-state index >= 15 is 0 Å². The van der Waals surface area contributed by atoms with Gasteiger partial charge in [-0.25, -0.2) is 0 Å². The zero-order chi connectivity index (χ0) is 17.6. The van der Waals surface area contributed by atoms with Crippen LogP contribution in [0.3, 0.4) is 0 Å². The molecule has 2 amide bonds. The van der Waals surface area contributed by atoms with Crippen LogP contribution in [0.5, 0.6) is 0 Å². The number of amides is 2. The van der Waals surface area contributed by atoms with Gasteiger partial charge in [0.15, 0.2) is 0 Å². The Balaban J connectivity index is 1.64. The first kappa shape index (κ1) is 17.2. The van der Waals surface area contributed by atoms with E-state index in [0.29, 0.717) is 17.7 Å². The van der Waals surface area contributed by atoms with Crippen molar-refractivity contribution in [2.75, 3.05) is 13.1 Å². The van der Waals surface area contributed by atoms with Gasteiger partial charge in [0.1, 0.15) is 0 Å². The Morgan fingerprint density at radius 2 is 1.64 bits per heavy atom. The minimum Gasteiger partial charge on any atom is -0.348 e. The molecule has 1 N–H and O–H groups in total. The van der Waals surface area contributed by atoms with Crippen molar-refractivity contribution >= 4 is 11.8 Å². The summed E-state index contributed by atoms with van der Waals surface area (Å²) in [5.41, 5.74) is 3.36. The zero-order valence-corrected chi connectivity index (χ0v) is 14.6. The second-order valence-corrected chi connectivity index (χ2v) is 6.60. The van der Waals surface area contributed by atoms with E-state index in [4.69, 9.17) is 0 Å². The average molecular weight is 336 g/mol. The molecule has 1 saturated heterocycles. The third-order valence-corrected chi connectivity index (χ3v) is 4.59. The summed E-state index contributed by atoms with van der Waals surface area (Å²) in [6.45, 7) is 4.13. The highest BCUT2D eigenvalue weighted by molar-refractivity contribution is 5.99. The van der Waals surface area contributed by atoms with E-state index in [0.717, 1.165) is 31.5 Å². The number of benzene rings is 2. The SMILES string of the molecule is Cc1ccc(CNC(=O)c2cccc(C(=O)N3CCCCC3)c2)cc1. The largest absolute Gasteiger partial charge is 0.348 e. The van der Waals surface area contributed by atoms with Gasteiger partial charge in [-0.2, -0.15) is 0 Å². The van der Waals surface area contributed by atoms with Gasteiger partial charge in [0.2, 0.25) is 0 Å². The maximum atomic E-state index is 12.6. The molecule has 0 aromatic heterocycles. The second kappa shape index (κ2) is 7.97. The van der Waals surface area contributed by atoms with Crippen molar-refractivity contribution in [3.63, 3.8) is 0 Å². The molecule has 3 rings (SSSR count). The van der Waals surface area contributed by atoms with Crippen LogP contribution in [-0.2, 0) is 6.54 Å². The van der Waals surface area contributed by atoms with Gasteiger partial charge in [0, 0.05) is 30.8 Å². The van der Waals surface area contributed by atoms with E-state index in [-0.39, 0.29) is 11.8 Å². The summed E-state index contributed by atoms with van der Waals surface area (Å²) in [4.78, 5) is 26.9. The van der Waals surface area contributed by atoms with Crippen molar-refractivity contribution < 1.29 is 9.59 Å². The summed E-state index contributed by atoms with van der Waals surface area (Å²) < 4.78 is 0. The quantitative estimate of drug-likeness (QED) is 0.928. The van der Waals surface area contributed by atoms with Crippen LogP contribution in [0.15, 0.2) is 48.5 Å². The highest BCUT2D eigenvalue weighted by atomic mass is 16.2. The van der Waals surface area contributed by atoms with Gasteiger partial charge in [-0.1, -0.05) is 35.9 Å². The topological polar surface area (TPSA) is 49.4 Å². The van der Waals surface area contributed by atoms with Gasteiger partial charge in [0.05, 0.1) is 0 Å². The van der Waals surface area contributed by atoms with Crippen molar-refractivity contribution in [1.82, 2.24) is 10.2 Å². The molecule has 0 aliphatic carbocycles. The maximum absolute atomic E-state index is 12.6. The minimum absolute atomic E-state index is 0.0212. The van der Waals surface area contributed by atoms with Gasteiger partial charge >= 0.3 is 0 Å². The van der Waals surface area contributed by atoms with Crippen LogP contribution >= 0.6 is 0 Å². The highest BCUT2D eigenvalue weighted by Crippen LogP contribution is 2.14. The number of hydrogen-bond donors (Lipinski definition) is 1. The lowest BCUT2D eigenvalue weighted by Gasteiger charge is -2.26. The molecule has 1 aliphatic rings. The van der Waals surface area contributed by atoms with Crippen LogP contribution in [0.4, 0.5) is 0 Å². The van der Waals surface area contributed by atoms with Crippen molar-refractivity contribution in [2.45, 2.75) is 32.7 Å². The predicted octanol–water partition coefficient (Wildman–Crippen LogP) is 3.55. The molecule has 0 bridgehead atoms. The molecule has 0 saturated carbocycles. The van der Waals surface area contributed by atoms with Crippen LogP contribution in [0.1, 0.15) is 51.1 Å². The summed E-state index contributed by atoms with van der Waals surface area (Å²) in [7, 11) is 0. The standard InChI is InChI=1S/C21H24N2O2/c1-16-8-10-17(11-9-16)15-22-20(24)18-6-5-7-19(14-18)21(25)23-12-3-2-4-13-23/h5-11,14H,2-4,12-13,15H2,1H3,(H,22,24). The Morgan fingerprint density at radius 1 is 0.960 bits per heavy atom. The predicted molar refractivity (Wildman–Crippen MR) is 98.5 cm³/mol. The molecule has 0 radical (unpaired) electrons. The Labute approximate surface area is 148 Å². The van der Waals surface area contributed by atoms with Gasteiger partial charge in [-0.05, 0) is 49.9 Å². The van der Waals surface area contributed by atoms with Crippen molar-refractivity contribution in [3.8, 4) is 0 Å². The van der Waals surface area contributed by atoms with Gasteiger partial charge in [-0.15, -0.1) is 0 Å². The fraction of sp³-hybridized carbons (Fsp3) is 0.333. The first-order chi connectivity index (χ1) is 12.1. The molecule has 130 valence electrons. The molecule has 25 heavy (non-hydrogen) atoms. The molecule has 0 spiro atoms. The number of aryl methyl sites for hydroxylation is 1. The van der Waals surface area contributed by atoms with Crippen LogP contribution in [0.25, 0.3) is 0 Å². The van der Waals surface area contributed by atoms with Crippen LogP contribution in [-0.4, -0.2) is 29.8 Å². The Kier molecular flexibility index (Phi) is 5.49. The number of piperidine rings is 1. The molecule has 0 unspecified atom stereocenters. The Bertz CT molecular complexity index is 747. The first-order valence-electron chi connectivity index (χ1n) is 8.86. The van der Waals surface area contributed by atoms with Gasteiger partial charge in [-0.3, -0.25) is 9.59 Å². The van der Waals surface area contributed by atoms with Crippen molar-refractivity contribution in [3.05, 3.63) is 70.8 Å². The molecule has 4 nitrogen and oxygen atoms in total. The molecule has 1 heterocycles. The summed E-state index contributed by atoms with van der Waals surface area (Å²) in [5, 5.41) is 2.92. The minimum atomic E-state index is -0.158. The second-order valence-electron chi connectivity index (χ2n) is 6.60.